The SMILES string of the molecule is CCON(C)C(=O)N1N=C(c2cc(F)ccc2F)SC1(CCCNC(=O)C(C)NC(=O)C(C)N)c1ccccc1. The summed E-state index contributed by atoms with van der Waals surface area (Å²) in [6.45, 7) is 5.22. The maximum absolute atomic E-state index is 14.8. The minimum absolute atomic E-state index is 0.0772. The van der Waals surface area contributed by atoms with Crippen LogP contribution in [0.5, 0.6) is 0 Å². The van der Waals surface area contributed by atoms with E-state index in [1.807, 2.05) is 18.2 Å². The second kappa shape index (κ2) is 13.7. The molecule has 40 heavy (non-hydrogen) atoms. The molecule has 3 unspecified atom stereocenters. The highest BCUT2D eigenvalue weighted by molar-refractivity contribution is 8.15. The number of amides is 4. The average Bonchev–Trinajstić information content (AvgIpc) is 3.32. The Kier molecular flexibility index (Phi) is 10.6. The molecule has 0 saturated heterocycles. The first-order chi connectivity index (χ1) is 19.0. The lowest BCUT2D eigenvalue weighted by Crippen LogP contribution is -2.50. The molecule has 2 aromatic carbocycles. The number of benzene rings is 2. The Morgan fingerprint density at radius 3 is 2.50 bits per heavy atom. The molecule has 0 bridgehead atoms. The Labute approximate surface area is 236 Å². The Morgan fingerprint density at radius 1 is 1.15 bits per heavy atom. The number of nitrogens with two attached hydrogens (primary N) is 1. The average molecular weight is 577 g/mol. The number of halogens is 2. The smallest absolute Gasteiger partial charge is 0.354 e. The molecule has 3 atom stereocenters. The van der Waals surface area contributed by atoms with E-state index in [1.54, 1.807) is 26.0 Å². The quantitative estimate of drug-likeness (QED) is 0.278. The third kappa shape index (κ3) is 7.14. The standard InChI is InChI=1S/C27H34F2N6O4S/c1-5-39-34(4)26(38)35-27(19-10-7-6-8-11-19,40-25(33-35)21-16-20(28)12-13-22(21)29)14-9-15-31-24(37)18(3)32-23(36)17(2)30/h6-8,10-13,16-18H,5,9,14-15,30H2,1-4H3,(H,31,37)(H,32,36). The van der Waals surface area contributed by atoms with Crippen LogP contribution in [0.25, 0.3) is 0 Å². The van der Waals surface area contributed by atoms with Crippen molar-refractivity contribution in [3.05, 3.63) is 71.3 Å². The molecule has 0 fully saturated rings. The Bertz CT molecular complexity index is 1250. The van der Waals surface area contributed by atoms with E-state index in [-0.39, 0.29) is 30.2 Å². The maximum Gasteiger partial charge on any atom is 0.365 e. The summed E-state index contributed by atoms with van der Waals surface area (Å²) < 4.78 is 28.9. The van der Waals surface area contributed by atoms with Crippen LogP contribution in [0.1, 0.15) is 44.7 Å². The van der Waals surface area contributed by atoms with Gasteiger partial charge in [0.05, 0.1) is 12.6 Å². The lowest BCUT2D eigenvalue weighted by molar-refractivity contribution is -0.129. The number of urea groups is 1. The summed E-state index contributed by atoms with van der Waals surface area (Å²) in [5, 5.41) is 12.2. The molecule has 1 heterocycles. The summed E-state index contributed by atoms with van der Waals surface area (Å²) in [5.41, 5.74) is 6.16. The topological polar surface area (TPSA) is 129 Å². The molecule has 4 amide bonds. The van der Waals surface area contributed by atoms with Gasteiger partial charge >= 0.3 is 6.03 Å². The molecule has 0 spiro atoms. The third-order valence-corrected chi connectivity index (χ3v) is 7.56. The highest BCUT2D eigenvalue weighted by Gasteiger charge is 2.49. The molecule has 10 nitrogen and oxygen atoms in total. The van der Waals surface area contributed by atoms with E-state index < -0.39 is 46.4 Å². The Balaban J connectivity index is 1.90. The number of hydrazone groups is 1. The van der Waals surface area contributed by atoms with Crippen molar-refractivity contribution in [1.29, 1.82) is 0 Å². The molecular formula is C27H34F2N6O4S. The number of nitrogens with zero attached hydrogens (tertiary/aromatic N) is 3. The van der Waals surface area contributed by atoms with Crippen LogP contribution in [-0.2, 0) is 19.3 Å². The number of carbonyl (C=O) groups is 3. The zero-order chi connectivity index (χ0) is 29.4. The number of rotatable bonds is 11. The molecule has 2 aromatic rings. The molecule has 0 saturated carbocycles. The number of carbonyl (C=O) groups excluding carboxylic acids is 3. The summed E-state index contributed by atoms with van der Waals surface area (Å²) in [4.78, 5) is 42.1. The van der Waals surface area contributed by atoms with Crippen LogP contribution in [0, 0.1) is 11.6 Å². The minimum Gasteiger partial charge on any atom is -0.354 e. The van der Waals surface area contributed by atoms with Gasteiger partial charge in [-0.2, -0.15) is 10.1 Å². The Hall–Kier alpha value is -3.55. The number of hydroxylamine groups is 2. The Morgan fingerprint density at radius 2 is 1.85 bits per heavy atom. The zero-order valence-corrected chi connectivity index (χ0v) is 23.6. The minimum atomic E-state index is -1.17. The van der Waals surface area contributed by atoms with Gasteiger partial charge in [0.15, 0.2) is 0 Å². The first-order valence-corrected chi connectivity index (χ1v) is 13.6. The van der Waals surface area contributed by atoms with E-state index in [4.69, 9.17) is 10.6 Å². The van der Waals surface area contributed by atoms with Crippen molar-refractivity contribution in [2.24, 2.45) is 10.8 Å². The summed E-state index contributed by atoms with van der Waals surface area (Å²) >= 11 is 1.12. The van der Waals surface area contributed by atoms with Crippen molar-refractivity contribution in [3.8, 4) is 0 Å². The van der Waals surface area contributed by atoms with Gasteiger partial charge in [0, 0.05) is 19.2 Å². The largest absolute Gasteiger partial charge is 0.365 e. The molecule has 0 radical (unpaired) electrons. The molecule has 1 aliphatic rings. The van der Waals surface area contributed by atoms with Gasteiger partial charge in [-0.05, 0) is 57.4 Å². The second-order valence-electron chi connectivity index (χ2n) is 9.20. The molecule has 1 aliphatic heterocycles. The predicted octanol–water partition coefficient (Wildman–Crippen LogP) is 3.28. The van der Waals surface area contributed by atoms with Crippen molar-refractivity contribution >= 4 is 34.7 Å². The van der Waals surface area contributed by atoms with Gasteiger partial charge in [-0.3, -0.25) is 14.4 Å². The third-order valence-electron chi connectivity index (χ3n) is 6.11. The lowest BCUT2D eigenvalue weighted by atomic mass is 10.0. The summed E-state index contributed by atoms with van der Waals surface area (Å²) in [6, 6.07) is 9.96. The highest BCUT2D eigenvalue weighted by Crippen LogP contribution is 2.51. The molecule has 3 rings (SSSR count). The number of nitrogens with one attached hydrogen (secondary N) is 2. The molecule has 0 aromatic heterocycles. The highest BCUT2D eigenvalue weighted by atomic mass is 32.2. The van der Waals surface area contributed by atoms with Crippen LogP contribution < -0.4 is 16.4 Å². The van der Waals surface area contributed by atoms with Gasteiger partial charge in [0.25, 0.3) is 0 Å². The van der Waals surface area contributed by atoms with Gasteiger partial charge in [-0.1, -0.05) is 42.1 Å². The van der Waals surface area contributed by atoms with Crippen LogP contribution in [0.3, 0.4) is 0 Å². The van der Waals surface area contributed by atoms with E-state index in [1.165, 1.54) is 19.0 Å². The van der Waals surface area contributed by atoms with Crippen LogP contribution in [0.4, 0.5) is 13.6 Å². The summed E-state index contributed by atoms with van der Waals surface area (Å²) in [7, 11) is 1.45. The monoisotopic (exact) mass is 576 g/mol. The number of thioether (sulfide) groups is 1. The van der Waals surface area contributed by atoms with Gasteiger partial charge < -0.3 is 16.4 Å². The van der Waals surface area contributed by atoms with Crippen molar-refractivity contribution in [3.63, 3.8) is 0 Å². The van der Waals surface area contributed by atoms with E-state index >= 15 is 0 Å². The lowest BCUT2D eigenvalue weighted by Gasteiger charge is -2.37. The molecule has 0 aliphatic carbocycles. The number of hydrogen-bond donors (Lipinski definition) is 3. The zero-order valence-electron chi connectivity index (χ0n) is 22.8. The molecule has 4 N–H and O–H groups in total. The van der Waals surface area contributed by atoms with Crippen molar-refractivity contribution < 1.29 is 28.0 Å². The van der Waals surface area contributed by atoms with Crippen molar-refractivity contribution in [2.45, 2.75) is 50.6 Å². The van der Waals surface area contributed by atoms with Gasteiger partial charge in [-0.25, -0.2) is 18.6 Å². The fraction of sp³-hybridized carbons (Fsp3) is 0.407. The number of hydrogen-bond acceptors (Lipinski definition) is 7. The molecule has 13 heteroatoms. The fourth-order valence-electron chi connectivity index (χ4n) is 4.03. The normalized spacial score (nSPS) is 18.1. The first-order valence-electron chi connectivity index (χ1n) is 12.8. The van der Waals surface area contributed by atoms with Crippen molar-refractivity contribution in [1.82, 2.24) is 20.7 Å². The van der Waals surface area contributed by atoms with Crippen LogP contribution in [-0.4, -0.2) is 65.2 Å². The molecular weight excluding hydrogens is 542 g/mol. The van der Waals surface area contributed by atoms with Gasteiger partial charge in [0.2, 0.25) is 11.8 Å². The maximum atomic E-state index is 14.8. The van der Waals surface area contributed by atoms with E-state index in [0.717, 1.165) is 35.0 Å². The van der Waals surface area contributed by atoms with Crippen molar-refractivity contribution in [2.75, 3.05) is 20.2 Å². The van der Waals surface area contributed by atoms with E-state index in [0.29, 0.717) is 12.0 Å². The van der Waals surface area contributed by atoms with Crippen LogP contribution in [0.15, 0.2) is 53.6 Å². The second-order valence-corrected chi connectivity index (χ2v) is 10.5. The first kappa shape index (κ1) is 31.0. The predicted molar refractivity (Wildman–Crippen MR) is 149 cm³/mol. The molecule has 216 valence electrons. The van der Waals surface area contributed by atoms with Gasteiger partial charge in [-0.15, -0.1) is 0 Å². The van der Waals surface area contributed by atoms with E-state index in [2.05, 4.69) is 15.7 Å². The van der Waals surface area contributed by atoms with Crippen LogP contribution >= 0.6 is 11.8 Å². The summed E-state index contributed by atoms with van der Waals surface area (Å²) in [5.74, 6) is -2.18. The fourth-order valence-corrected chi connectivity index (χ4v) is 5.44. The summed E-state index contributed by atoms with van der Waals surface area (Å²) in [6.07, 6.45) is 0.649. The van der Waals surface area contributed by atoms with Crippen LogP contribution in [0.2, 0.25) is 0 Å². The van der Waals surface area contributed by atoms with Gasteiger partial charge in [0.1, 0.15) is 27.6 Å². The van der Waals surface area contributed by atoms with E-state index in [9.17, 15) is 23.2 Å².